The van der Waals surface area contributed by atoms with Crippen molar-refractivity contribution in [1.29, 1.82) is 10.5 Å². The molecular formula is C10H6BrN3S. The first-order chi connectivity index (χ1) is 7.17. The van der Waals surface area contributed by atoms with E-state index in [4.69, 9.17) is 10.5 Å². The number of thiol groups is 1. The van der Waals surface area contributed by atoms with Crippen LogP contribution in [0.5, 0.6) is 0 Å². The molecule has 15 heavy (non-hydrogen) atoms. The number of anilines is 1. The van der Waals surface area contributed by atoms with Crippen molar-refractivity contribution < 1.29 is 0 Å². The van der Waals surface area contributed by atoms with E-state index in [0.29, 0.717) is 0 Å². The van der Waals surface area contributed by atoms with Gasteiger partial charge in [0.2, 0.25) is 0 Å². The lowest BCUT2D eigenvalue weighted by molar-refractivity contribution is 1.39. The van der Waals surface area contributed by atoms with E-state index in [9.17, 15) is 0 Å². The van der Waals surface area contributed by atoms with E-state index in [1.807, 2.05) is 12.1 Å². The Hall–Kier alpha value is -1.43. The zero-order valence-corrected chi connectivity index (χ0v) is 10.0. The fourth-order valence-corrected chi connectivity index (χ4v) is 1.68. The molecule has 3 nitrogen and oxygen atoms in total. The van der Waals surface area contributed by atoms with E-state index in [1.54, 1.807) is 18.2 Å². The second-order valence-corrected chi connectivity index (χ2v) is 3.98. The normalized spacial score (nSPS) is 8.53. The second kappa shape index (κ2) is 5.45. The van der Waals surface area contributed by atoms with Gasteiger partial charge in [-0.3, -0.25) is 0 Å². The zero-order chi connectivity index (χ0) is 11.3. The van der Waals surface area contributed by atoms with Crippen molar-refractivity contribution in [3.05, 3.63) is 34.4 Å². The molecule has 0 radical (unpaired) electrons. The maximum Gasteiger partial charge on any atom is 0.145 e. The molecule has 0 spiro atoms. The third kappa shape index (κ3) is 3.32. The summed E-state index contributed by atoms with van der Waals surface area (Å²) >= 11 is 7.55. The molecule has 0 aliphatic heterocycles. The van der Waals surface area contributed by atoms with Crippen molar-refractivity contribution in [2.75, 3.05) is 5.32 Å². The lowest BCUT2D eigenvalue weighted by Gasteiger charge is -2.04. The number of halogens is 1. The molecule has 0 saturated carbocycles. The summed E-state index contributed by atoms with van der Waals surface area (Å²) < 4.78 is 0.919. The first-order valence-corrected chi connectivity index (χ1v) is 5.17. The molecule has 1 rings (SSSR count). The van der Waals surface area contributed by atoms with E-state index in [2.05, 4.69) is 33.9 Å². The first-order valence-electron chi connectivity index (χ1n) is 3.93. The summed E-state index contributed by atoms with van der Waals surface area (Å²) in [6.45, 7) is 0. The van der Waals surface area contributed by atoms with Gasteiger partial charge in [0, 0.05) is 15.6 Å². The average molecular weight is 280 g/mol. The van der Waals surface area contributed by atoms with Crippen molar-refractivity contribution in [2.45, 2.75) is 4.90 Å². The highest BCUT2D eigenvalue weighted by molar-refractivity contribution is 9.10. The van der Waals surface area contributed by atoms with E-state index >= 15 is 0 Å². The summed E-state index contributed by atoms with van der Waals surface area (Å²) in [7, 11) is 0. The number of nitrogens with zero attached hydrogens (tertiary/aromatic N) is 2. The van der Waals surface area contributed by atoms with Crippen molar-refractivity contribution in [3.63, 3.8) is 0 Å². The van der Waals surface area contributed by atoms with Crippen LogP contribution in [0.15, 0.2) is 39.3 Å². The maximum atomic E-state index is 8.51. The number of benzene rings is 1. The van der Waals surface area contributed by atoms with Crippen molar-refractivity contribution in [2.24, 2.45) is 0 Å². The lowest BCUT2D eigenvalue weighted by Crippen LogP contribution is -1.90. The Bertz CT molecular complexity index is 466. The van der Waals surface area contributed by atoms with Gasteiger partial charge < -0.3 is 5.32 Å². The molecule has 0 fully saturated rings. The summed E-state index contributed by atoms with van der Waals surface area (Å²) in [4.78, 5) is 0.732. The van der Waals surface area contributed by atoms with Gasteiger partial charge in [0.25, 0.3) is 0 Å². The number of hydrogen-bond donors (Lipinski definition) is 2. The fraction of sp³-hybridized carbons (Fsp3) is 0. The van der Waals surface area contributed by atoms with Crippen LogP contribution in [0.25, 0.3) is 0 Å². The van der Waals surface area contributed by atoms with E-state index in [-0.39, 0.29) is 5.57 Å². The number of nitrogens with one attached hydrogen (secondary N) is 1. The minimum Gasteiger partial charge on any atom is -0.359 e. The third-order valence-electron chi connectivity index (χ3n) is 1.57. The van der Waals surface area contributed by atoms with Gasteiger partial charge in [-0.15, -0.1) is 12.6 Å². The molecule has 0 aliphatic rings. The molecule has 0 aliphatic carbocycles. The fourth-order valence-electron chi connectivity index (χ4n) is 0.866. The quantitative estimate of drug-likeness (QED) is 0.646. The first kappa shape index (κ1) is 11.6. The van der Waals surface area contributed by atoms with E-state index in [0.717, 1.165) is 15.1 Å². The Labute approximate surface area is 102 Å². The van der Waals surface area contributed by atoms with Crippen molar-refractivity contribution >= 4 is 34.2 Å². The van der Waals surface area contributed by atoms with Gasteiger partial charge in [-0.25, -0.2) is 0 Å². The Morgan fingerprint density at radius 1 is 1.40 bits per heavy atom. The second-order valence-electron chi connectivity index (χ2n) is 2.59. The van der Waals surface area contributed by atoms with Gasteiger partial charge in [-0.1, -0.05) is 15.9 Å². The minimum atomic E-state index is 0.0191. The van der Waals surface area contributed by atoms with Crippen LogP contribution >= 0.6 is 28.6 Å². The molecule has 1 aromatic carbocycles. The summed E-state index contributed by atoms with van der Waals surface area (Å²) in [6, 6.07) is 8.97. The highest BCUT2D eigenvalue weighted by atomic mass is 79.9. The smallest absolute Gasteiger partial charge is 0.145 e. The van der Waals surface area contributed by atoms with E-state index in [1.165, 1.54) is 6.20 Å². The average Bonchev–Trinajstić information content (AvgIpc) is 2.22. The molecule has 0 saturated heterocycles. The Kier molecular flexibility index (Phi) is 4.23. The molecule has 0 heterocycles. The third-order valence-corrected chi connectivity index (χ3v) is 2.44. The zero-order valence-electron chi connectivity index (χ0n) is 7.53. The molecule has 0 atom stereocenters. The number of rotatable bonds is 2. The van der Waals surface area contributed by atoms with Gasteiger partial charge in [-0.2, -0.15) is 10.5 Å². The van der Waals surface area contributed by atoms with Crippen LogP contribution in [0.1, 0.15) is 0 Å². The largest absolute Gasteiger partial charge is 0.359 e. The Balaban J connectivity index is 2.89. The SMILES string of the molecule is N#CC(C#N)=CNc1ccc(Br)cc1S. The van der Waals surface area contributed by atoms with Crippen LogP contribution < -0.4 is 5.32 Å². The molecule has 0 unspecified atom stereocenters. The van der Waals surface area contributed by atoms with Crippen molar-refractivity contribution in [3.8, 4) is 12.1 Å². The molecule has 1 N–H and O–H groups in total. The molecule has 0 amide bonds. The molecule has 0 bridgehead atoms. The summed E-state index contributed by atoms with van der Waals surface area (Å²) in [5.41, 5.74) is 0.759. The van der Waals surface area contributed by atoms with Gasteiger partial charge in [-0.05, 0) is 18.2 Å². The van der Waals surface area contributed by atoms with Crippen LogP contribution in [0.3, 0.4) is 0 Å². The minimum absolute atomic E-state index is 0.0191. The maximum absolute atomic E-state index is 8.51. The van der Waals surface area contributed by atoms with Gasteiger partial charge in [0.1, 0.15) is 17.7 Å². The van der Waals surface area contributed by atoms with Gasteiger partial charge in [0.05, 0.1) is 5.69 Å². The van der Waals surface area contributed by atoms with Gasteiger partial charge >= 0.3 is 0 Å². The highest BCUT2D eigenvalue weighted by Crippen LogP contribution is 2.24. The Morgan fingerprint density at radius 3 is 2.60 bits per heavy atom. The van der Waals surface area contributed by atoms with Crippen LogP contribution in [-0.2, 0) is 0 Å². The summed E-state index contributed by atoms with van der Waals surface area (Å²) in [5.74, 6) is 0. The standard InChI is InChI=1S/C10H6BrN3S/c11-8-1-2-9(10(15)3-8)14-6-7(4-12)5-13/h1-3,6,14-15H. The highest BCUT2D eigenvalue weighted by Gasteiger charge is 1.98. The lowest BCUT2D eigenvalue weighted by atomic mass is 10.3. The van der Waals surface area contributed by atoms with Crippen LogP contribution in [-0.4, -0.2) is 0 Å². The topological polar surface area (TPSA) is 59.6 Å². The van der Waals surface area contributed by atoms with E-state index < -0.39 is 0 Å². The van der Waals surface area contributed by atoms with Crippen LogP contribution in [0.4, 0.5) is 5.69 Å². The predicted molar refractivity (Wildman–Crippen MR) is 64.3 cm³/mol. The number of hydrogen-bond acceptors (Lipinski definition) is 4. The molecule has 0 aromatic heterocycles. The Morgan fingerprint density at radius 2 is 2.07 bits per heavy atom. The molecule has 1 aromatic rings. The molecule has 74 valence electrons. The summed E-state index contributed by atoms with van der Waals surface area (Å²) in [5, 5.41) is 19.9. The molecule has 5 heteroatoms. The number of allylic oxidation sites excluding steroid dienone is 1. The predicted octanol–water partition coefficient (Wildman–Crippen LogP) is 3.08. The van der Waals surface area contributed by atoms with Crippen LogP contribution in [0.2, 0.25) is 0 Å². The number of nitriles is 2. The van der Waals surface area contributed by atoms with Gasteiger partial charge in [0.15, 0.2) is 0 Å². The monoisotopic (exact) mass is 279 g/mol. The van der Waals surface area contributed by atoms with Crippen molar-refractivity contribution in [1.82, 2.24) is 0 Å². The molecular weight excluding hydrogens is 274 g/mol. The summed E-state index contributed by atoms with van der Waals surface area (Å²) in [6.07, 6.45) is 1.35. The van der Waals surface area contributed by atoms with Crippen LogP contribution in [0, 0.1) is 22.7 Å².